The van der Waals surface area contributed by atoms with Crippen LogP contribution in [0.2, 0.25) is 10.0 Å². The molecule has 208 valence electrons. The van der Waals surface area contributed by atoms with E-state index < -0.39 is 5.92 Å². The summed E-state index contributed by atoms with van der Waals surface area (Å²) >= 11 is 12.8. The maximum atomic E-state index is 14.1. The quantitative estimate of drug-likeness (QED) is 0.288. The highest BCUT2D eigenvalue weighted by atomic mass is 35.5. The molecule has 0 bridgehead atoms. The largest absolute Gasteiger partial charge is 0.378 e. The number of para-hydroxylation sites is 2. The summed E-state index contributed by atoms with van der Waals surface area (Å²) in [7, 11) is 3.94. The van der Waals surface area contributed by atoms with Crippen LogP contribution in [-0.4, -0.2) is 37.4 Å². The SMILES string of the molecule is CCCN1C(C)=C(C(=O)Nc2ccccc2Cl)C(c2ccc(N(C)C)cc2)C(C(=O)Nc2ccccc2Cl)=C1C. The molecule has 0 aliphatic carbocycles. The third-order valence-corrected chi connectivity index (χ3v) is 7.75. The van der Waals surface area contributed by atoms with Gasteiger partial charge in [0.05, 0.1) is 21.4 Å². The Morgan fingerprint density at radius 1 is 0.775 bits per heavy atom. The second kappa shape index (κ2) is 12.6. The van der Waals surface area contributed by atoms with E-state index in [0.717, 1.165) is 29.1 Å². The summed E-state index contributed by atoms with van der Waals surface area (Å²) in [5.74, 6) is -1.26. The molecule has 2 amide bonds. The van der Waals surface area contributed by atoms with Gasteiger partial charge in [0, 0.05) is 54.8 Å². The number of halogens is 2. The maximum absolute atomic E-state index is 14.1. The number of carbonyl (C=O) groups excluding carboxylic acids is 2. The molecule has 0 saturated heterocycles. The molecule has 1 aliphatic heterocycles. The van der Waals surface area contributed by atoms with E-state index in [4.69, 9.17) is 23.2 Å². The van der Waals surface area contributed by atoms with E-state index >= 15 is 0 Å². The van der Waals surface area contributed by atoms with Crippen LogP contribution in [0.4, 0.5) is 17.1 Å². The van der Waals surface area contributed by atoms with E-state index in [0.29, 0.717) is 39.1 Å². The summed E-state index contributed by atoms with van der Waals surface area (Å²) in [6.07, 6.45) is 0.829. The Balaban J connectivity index is 1.88. The van der Waals surface area contributed by atoms with Crippen molar-refractivity contribution in [2.75, 3.05) is 36.2 Å². The van der Waals surface area contributed by atoms with Crippen molar-refractivity contribution >= 4 is 52.1 Å². The van der Waals surface area contributed by atoms with Crippen molar-refractivity contribution in [1.82, 2.24) is 4.90 Å². The monoisotopic (exact) mass is 576 g/mol. The molecule has 2 N–H and O–H groups in total. The zero-order valence-corrected chi connectivity index (χ0v) is 24.9. The van der Waals surface area contributed by atoms with Crippen LogP contribution < -0.4 is 15.5 Å². The molecular weight excluding hydrogens is 543 g/mol. The number of hydrogen-bond donors (Lipinski definition) is 2. The average Bonchev–Trinajstić information content (AvgIpc) is 2.93. The summed E-state index contributed by atoms with van der Waals surface area (Å²) < 4.78 is 0. The number of amides is 2. The van der Waals surface area contributed by atoms with Crippen molar-refractivity contribution < 1.29 is 9.59 Å². The molecule has 0 saturated carbocycles. The number of carbonyl (C=O) groups is 2. The van der Waals surface area contributed by atoms with E-state index in [1.165, 1.54) is 0 Å². The van der Waals surface area contributed by atoms with Crippen molar-refractivity contribution in [3.05, 3.63) is 111 Å². The van der Waals surface area contributed by atoms with Gasteiger partial charge in [-0.1, -0.05) is 66.5 Å². The zero-order valence-electron chi connectivity index (χ0n) is 23.4. The van der Waals surface area contributed by atoms with Crippen LogP contribution >= 0.6 is 23.2 Å². The van der Waals surface area contributed by atoms with Crippen LogP contribution in [-0.2, 0) is 9.59 Å². The topological polar surface area (TPSA) is 64.7 Å². The third-order valence-electron chi connectivity index (χ3n) is 7.09. The molecule has 0 spiro atoms. The van der Waals surface area contributed by atoms with E-state index in [2.05, 4.69) is 17.6 Å². The lowest BCUT2D eigenvalue weighted by Gasteiger charge is -2.38. The predicted octanol–water partition coefficient (Wildman–Crippen LogP) is 7.69. The fourth-order valence-corrected chi connectivity index (χ4v) is 5.42. The molecule has 1 heterocycles. The molecule has 3 aromatic carbocycles. The lowest BCUT2D eigenvalue weighted by Crippen LogP contribution is -2.37. The molecule has 3 aromatic rings. The highest BCUT2D eigenvalue weighted by Crippen LogP contribution is 2.43. The Bertz CT molecular complexity index is 1390. The van der Waals surface area contributed by atoms with E-state index in [9.17, 15) is 9.59 Å². The summed E-state index contributed by atoms with van der Waals surface area (Å²) in [5, 5.41) is 6.86. The van der Waals surface area contributed by atoms with Crippen molar-refractivity contribution in [3.63, 3.8) is 0 Å². The van der Waals surface area contributed by atoms with Gasteiger partial charge in [0.1, 0.15) is 0 Å². The molecule has 0 atom stereocenters. The number of rotatable bonds is 8. The van der Waals surface area contributed by atoms with Crippen LogP contribution in [0.3, 0.4) is 0 Å². The smallest absolute Gasteiger partial charge is 0.254 e. The Labute approximate surface area is 246 Å². The third kappa shape index (κ3) is 6.03. The molecule has 0 fully saturated rings. The Kier molecular flexibility index (Phi) is 9.23. The van der Waals surface area contributed by atoms with Crippen LogP contribution in [0.25, 0.3) is 0 Å². The Hall–Kier alpha value is -3.74. The van der Waals surface area contributed by atoms with Gasteiger partial charge in [-0.05, 0) is 62.2 Å². The number of anilines is 3. The second-order valence-corrected chi connectivity index (χ2v) is 10.8. The average molecular weight is 578 g/mol. The van der Waals surface area contributed by atoms with Gasteiger partial charge >= 0.3 is 0 Å². The molecule has 40 heavy (non-hydrogen) atoms. The highest BCUT2D eigenvalue weighted by molar-refractivity contribution is 6.34. The first-order valence-corrected chi connectivity index (χ1v) is 14.0. The van der Waals surface area contributed by atoms with Gasteiger partial charge in [-0.25, -0.2) is 0 Å². The summed E-state index contributed by atoms with van der Waals surface area (Å²) in [4.78, 5) is 32.2. The van der Waals surface area contributed by atoms with E-state index in [-0.39, 0.29) is 11.8 Å². The first-order valence-electron chi connectivity index (χ1n) is 13.2. The van der Waals surface area contributed by atoms with Gasteiger partial charge in [-0.3, -0.25) is 9.59 Å². The Morgan fingerprint density at radius 3 is 1.62 bits per heavy atom. The number of nitrogens with one attached hydrogen (secondary N) is 2. The normalized spacial score (nSPS) is 13.9. The lowest BCUT2D eigenvalue weighted by molar-refractivity contribution is -0.113. The van der Waals surface area contributed by atoms with E-state index in [1.54, 1.807) is 24.3 Å². The summed E-state index contributed by atoms with van der Waals surface area (Å²) in [5.41, 5.74) is 5.41. The van der Waals surface area contributed by atoms with Crippen LogP contribution in [0, 0.1) is 0 Å². The van der Waals surface area contributed by atoms with Gasteiger partial charge in [-0.2, -0.15) is 0 Å². The first kappa shape index (κ1) is 29.2. The van der Waals surface area contributed by atoms with Gasteiger partial charge < -0.3 is 20.4 Å². The van der Waals surface area contributed by atoms with Crippen molar-refractivity contribution in [2.45, 2.75) is 33.1 Å². The Morgan fingerprint density at radius 2 is 1.23 bits per heavy atom. The summed E-state index contributed by atoms with van der Waals surface area (Å²) in [6.45, 7) is 6.59. The van der Waals surface area contributed by atoms with Crippen molar-refractivity contribution in [2.24, 2.45) is 0 Å². The second-order valence-electron chi connectivity index (χ2n) is 9.94. The minimum atomic E-state index is -0.630. The predicted molar refractivity (Wildman–Crippen MR) is 166 cm³/mol. The van der Waals surface area contributed by atoms with Crippen LogP contribution in [0.1, 0.15) is 38.7 Å². The minimum Gasteiger partial charge on any atom is -0.378 e. The van der Waals surface area contributed by atoms with Crippen molar-refractivity contribution in [1.29, 1.82) is 0 Å². The fourth-order valence-electron chi connectivity index (χ4n) is 5.06. The standard InChI is InChI=1S/C32H34Cl2N4O2/c1-6-19-38-20(2)28(31(39)35-26-13-9-7-11-24(26)33)30(22-15-17-23(18-16-22)37(4)5)29(21(38)3)32(40)36-27-14-10-8-12-25(27)34/h7-18,30H,6,19H2,1-5H3,(H,35,39)(H,36,40). The zero-order chi connectivity index (χ0) is 29.0. The summed E-state index contributed by atoms with van der Waals surface area (Å²) in [6, 6.07) is 22.2. The fraction of sp³-hybridized carbons (Fsp3) is 0.250. The molecule has 6 nitrogen and oxygen atoms in total. The maximum Gasteiger partial charge on any atom is 0.254 e. The molecule has 0 radical (unpaired) electrons. The van der Waals surface area contributed by atoms with Gasteiger partial charge in [0.2, 0.25) is 0 Å². The van der Waals surface area contributed by atoms with Gasteiger partial charge in [0.25, 0.3) is 11.8 Å². The molecule has 1 aliphatic rings. The number of hydrogen-bond acceptors (Lipinski definition) is 4. The van der Waals surface area contributed by atoms with Crippen LogP contribution in [0.5, 0.6) is 0 Å². The van der Waals surface area contributed by atoms with Gasteiger partial charge in [-0.15, -0.1) is 0 Å². The van der Waals surface area contributed by atoms with Crippen molar-refractivity contribution in [3.8, 4) is 0 Å². The molecule has 8 heteroatoms. The molecule has 0 aromatic heterocycles. The number of benzene rings is 3. The number of allylic oxidation sites excluding steroid dienone is 2. The van der Waals surface area contributed by atoms with Crippen LogP contribution in [0.15, 0.2) is 95.3 Å². The molecular formula is C32H34Cl2N4O2. The van der Waals surface area contributed by atoms with Gasteiger partial charge in [0.15, 0.2) is 0 Å². The highest BCUT2D eigenvalue weighted by Gasteiger charge is 2.39. The lowest BCUT2D eigenvalue weighted by atomic mass is 9.78. The van der Waals surface area contributed by atoms with E-state index in [1.807, 2.05) is 86.3 Å². The number of nitrogens with zero attached hydrogens (tertiary/aromatic N) is 2. The minimum absolute atomic E-state index is 0.316. The molecule has 0 unspecified atom stereocenters. The molecule has 4 rings (SSSR count). The first-order chi connectivity index (χ1) is 19.1.